The Balaban J connectivity index is 2.78. The van der Waals surface area contributed by atoms with Crippen LogP contribution in [0.25, 0.3) is 0 Å². The summed E-state index contributed by atoms with van der Waals surface area (Å²) in [6.45, 7) is 7.69. The van der Waals surface area contributed by atoms with Gasteiger partial charge in [-0.3, -0.25) is 0 Å². The van der Waals surface area contributed by atoms with Gasteiger partial charge in [-0.2, -0.15) is 0 Å². The third-order valence-corrected chi connectivity index (χ3v) is 2.24. The molecule has 0 aliphatic heterocycles. The van der Waals surface area contributed by atoms with Gasteiger partial charge in [0.2, 0.25) is 0 Å². The van der Waals surface area contributed by atoms with Crippen molar-refractivity contribution in [1.82, 2.24) is 0 Å². The zero-order valence-corrected chi connectivity index (χ0v) is 9.89. The Labute approximate surface area is 89.0 Å². The average molecular weight is 202 g/mol. The van der Waals surface area contributed by atoms with Crippen LogP contribution in [0.5, 0.6) is 0 Å². The molecule has 0 N–H and O–H groups in total. The van der Waals surface area contributed by atoms with E-state index in [1.165, 1.54) is 38.5 Å². The zero-order valence-electron chi connectivity index (χ0n) is 9.89. The number of rotatable bonds is 11. The van der Waals surface area contributed by atoms with Gasteiger partial charge in [0.15, 0.2) is 0 Å². The Hall–Kier alpha value is -0.0800. The normalized spacial score (nSPS) is 10.7. The van der Waals surface area contributed by atoms with Crippen LogP contribution in [0, 0.1) is 0 Å². The Morgan fingerprint density at radius 2 is 0.929 bits per heavy atom. The predicted octanol–water partition coefficient (Wildman–Crippen LogP) is 3.40. The summed E-state index contributed by atoms with van der Waals surface area (Å²) in [4.78, 5) is 0. The molecule has 0 rings (SSSR count). The summed E-state index contributed by atoms with van der Waals surface area (Å²) < 4.78 is 10.5. The molecule has 0 atom stereocenters. The largest absolute Gasteiger partial charge is 0.382 e. The highest BCUT2D eigenvalue weighted by Gasteiger charge is 1.91. The minimum Gasteiger partial charge on any atom is -0.382 e. The first kappa shape index (κ1) is 13.9. The van der Waals surface area contributed by atoms with Gasteiger partial charge in [-0.15, -0.1) is 0 Å². The molecule has 0 spiro atoms. The van der Waals surface area contributed by atoms with Crippen LogP contribution >= 0.6 is 0 Å². The van der Waals surface area contributed by atoms with Crippen LogP contribution in [0.2, 0.25) is 0 Å². The Morgan fingerprint density at radius 1 is 0.571 bits per heavy atom. The van der Waals surface area contributed by atoms with Crippen LogP contribution in [0.15, 0.2) is 0 Å². The topological polar surface area (TPSA) is 18.5 Å². The van der Waals surface area contributed by atoms with E-state index in [0.29, 0.717) is 0 Å². The number of ether oxygens (including phenoxy) is 2. The van der Waals surface area contributed by atoms with E-state index >= 15 is 0 Å². The fraction of sp³-hybridized carbons (Fsp3) is 1.00. The van der Waals surface area contributed by atoms with Gasteiger partial charge >= 0.3 is 0 Å². The lowest BCUT2D eigenvalue weighted by Gasteiger charge is -2.02. The monoisotopic (exact) mass is 202 g/mol. The van der Waals surface area contributed by atoms with Gasteiger partial charge < -0.3 is 9.47 Å². The highest BCUT2D eigenvalue weighted by atomic mass is 16.5. The van der Waals surface area contributed by atoms with Gasteiger partial charge in [-0.1, -0.05) is 25.7 Å². The molecule has 0 aromatic heterocycles. The summed E-state index contributed by atoms with van der Waals surface area (Å²) in [5.41, 5.74) is 0. The maximum Gasteiger partial charge on any atom is 0.0465 e. The Bertz CT molecular complexity index is 82.3. The molecule has 0 saturated carbocycles. The second kappa shape index (κ2) is 12.9. The van der Waals surface area contributed by atoms with Gasteiger partial charge in [0.25, 0.3) is 0 Å². The summed E-state index contributed by atoms with van der Waals surface area (Å²) in [6, 6.07) is 0. The summed E-state index contributed by atoms with van der Waals surface area (Å²) in [6.07, 6.45) is 7.76. The maximum absolute atomic E-state index is 5.27. The van der Waals surface area contributed by atoms with Crippen molar-refractivity contribution in [1.29, 1.82) is 0 Å². The van der Waals surface area contributed by atoms with Crippen molar-refractivity contribution in [3.63, 3.8) is 0 Å². The van der Waals surface area contributed by atoms with Crippen LogP contribution in [-0.2, 0) is 9.47 Å². The van der Waals surface area contributed by atoms with Crippen molar-refractivity contribution in [2.75, 3.05) is 26.4 Å². The van der Waals surface area contributed by atoms with E-state index in [9.17, 15) is 0 Å². The van der Waals surface area contributed by atoms with E-state index in [0.717, 1.165) is 26.4 Å². The summed E-state index contributed by atoms with van der Waals surface area (Å²) in [5.74, 6) is 0. The summed E-state index contributed by atoms with van der Waals surface area (Å²) in [5, 5.41) is 0. The van der Waals surface area contributed by atoms with Gasteiger partial charge in [0.1, 0.15) is 0 Å². The molecule has 0 radical (unpaired) electrons. The third kappa shape index (κ3) is 11.9. The molecule has 0 aromatic carbocycles. The first-order valence-electron chi connectivity index (χ1n) is 6.07. The maximum atomic E-state index is 5.27. The number of hydrogen-bond donors (Lipinski definition) is 0. The second-order valence-corrected chi connectivity index (χ2v) is 3.52. The summed E-state index contributed by atoms with van der Waals surface area (Å²) >= 11 is 0. The molecule has 0 bridgehead atoms. The molecule has 0 aliphatic rings. The van der Waals surface area contributed by atoms with Gasteiger partial charge in [-0.05, 0) is 26.7 Å². The molecular formula is C12H26O2. The highest BCUT2D eigenvalue weighted by Crippen LogP contribution is 2.05. The molecular weight excluding hydrogens is 176 g/mol. The first-order valence-corrected chi connectivity index (χ1v) is 6.07. The lowest BCUT2D eigenvalue weighted by atomic mass is 10.1. The Morgan fingerprint density at radius 3 is 1.29 bits per heavy atom. The van der Waals surface area contributed by atoms with E-state index in [-0.39, 0.29) is 0 Å². The quantitative estimate of drug-likeness (QED) is 0.478. The molecule has 0 aromatic rings. The molecule has 0 heterocycles. The van der Waals surface area contributed by atoms with Crippen LogP contribution < -0.4 is 0 Å². The molecule has 0 unspecified atom stereocenters. The van der Waals surface area contributed by atoms with Gasteiger partial charge in [0.05, 0.1) is 0 Å². The van der Waals surface area contributed by atoms with Crippen LogP contribution in [0.3, 0.4) is 0 Å². The van der Waals surface area contributed by atoms with Crippen molar-refractivity contribution in [2.24, 2.45) is 0 Å². The lowest BCUT2D eigenvalue weighted by Crippen LogP contribution is -1.94. The number of unbranched alkanes of at least 4 members (excludes halogenated alkanes) is 5. The Kier molecular flexibility index (Phi) is 12.8. The molecule has 0 saturated heterocycles. The summed E-state index contributed by atoms with van der Waals surface area (Å²) in [7, 11) is 0. The predicted molar refractivity (Wildman–Crippen MR) is 60.7 cm³/mol. The van der Waals surface area contributed by atoms with Crippen molar-refractivity contribution >= 4 is 0 Å². The fourth-order valence-electron chi connectivity index (χ4n) is 1.40. The zero-order chi connectivity index (χ0) is 10.5. The molecule has 0 fully saturated rings. The third-order valence-electron chi connectivity index (χ3n) is 2.24. The van der Waals surface area contributed by atoms with E-state index in [1.54, 1.807) is 0 Å². The van der Waals surface area contributed by atoms with Gasteiger partial charge in [0, 0.05) is 26.4 Å². The smallest absolute Gasteiger partial charge is 0.0465 e. The van der Waals surface area contributed by atoms with Crippen LogP contribution in [0.4, 0.5) is 0 Å². The molecule has 0 amide bonds. The standard InChI is InChI=1S/C12H26O2/c1-3-13-11-9-7-5-6-8-10-12-14-4-2/h3-12H2,1-2H3. The second-order valence-electron chi connectivity index (χ2n) is 3.52. The fourth-order valence-corrected chi connectivity index (χ4v) is 1.40. The van der Waals surface area contributed by atoms with Crippen LogP contribution in [-0.4, -0.2) is 26.4 Å². The van der Waals surface area contributed by atoms with E-state index in [2.05, 4.69) is 0 Å². The number of hydrogen-bond acceptors (Lipinski definition) is 2. The molecule has 2 nitrogen and oxygen atoms in total. The minimum absolute atomic E-state index is 0.856. The first-order chi connectivity index (χ1) is 6.91. The van der Waals surface area contributed by atoms with E-state index in [1.807, 2.05) is 13.8 Å². The highest BCUT2D eigenvalue weighted by molar-refractivity contribution is 4.45. The van der Waals surface area contributed by atoms with Crippen molar-refractivity contribution in [2.45, 2.75) is 52.4 Å². The molecule has 86 valence electrons. The average Bonchev–Trinajstić information content (AvgIpc) is 2.21. The van der Waals surface area contributed by atoms with Crippen LogP contribution in [0.1, 0.15) is 52.4 Å². The van der Waals surface area contributed by atoms with Crippen molar-refractivity contribution in [3.8, 4) is 0 Å². The van der Waals surface area contributed by atoms with E-state index < -0.39 is 0 Å². The molecule has 2 heteroatoms. The minimum atomic E-state index is 0.856. The van der Waals surface area contributed by atoms with Crippen molar-refractivity contribution in [3.05, 3.63) is 0 Å². The molecule has 0 aliphatic carbocycles. The van der Waals surface area contributed by atoms with Gasteiger partial charge in [-0.25, -0.2) is 0 Å². The lowest BCUT2D eigenvalue weighted by molar-refractivity contribution is 0.140. The molecule has 14 heavy (non-hydrogen) atoms. The van der Waals surface area contributed by atoms with E-state index in [4.69, 9.17) is 9.47 Å². The van der Waals surface area contributed by atoms with Crippen molar-refractivity contribution < 1.29 is 9.47 Å². The SMILES string of the molecule is CCOCCCCCCCCOCC.